The van der Waals surface area contributed by atoms with E-state index in [-0.39, 0.29) is 11.6 Å². The predicted octanol–water partition coefficient (Wildman–Crippen LogP) is 2.35. The van der Waals surface area contributed by atoms with E-state index in [1.165, 1.54) is 0 Å². The van der Waals surface area contributed by atoms with E-state index in [1.54, 1.807) is 0 Å². The molecule has 1 rings (SSSR count). The van der Waals surface area contributed by atoms with Gasteiger partial charge in [-0.15, -0.1) is 0 Å². The summed E-state index contributed by atoms with van der Waals surface area (Å²) < 4.78 is 5.37. The van der Waals surface area contributed by atoms with Gasteiger partial charge in [-0.2, -0.15) is 0 Å². The fraction of sp³-hybridized carbons (Fsp3) is 0.923. The Kier molecular flexibility index (Phi) is 4.78. The van der Waals surface area contributed by atoms with Crippen molar-refractivity contribution >= 4 is 5.97 Å². The second-order valence-corrected chi connectivity index (χ2v) is 5.71. The fourth-order valence-corrected chi connectivity index (χ4v) is 2.32. The molecule has 1 N–H and O–H groups in total. The van der Waals surface area contributed by atoms with Crippen molar-refractivity contribution < 1.29 is 9.53 Å². The quantitative estimate of drug-likeness (QED) is 0.752. The maximum absolute atomic E-state index is 11.7. The minimum atomic E-state index is -0.355. The number of nitrogens with one attached hydrogen (secondary N) is 1. The minimum absolute atomic E-state index is 0.0437. The van der Waals surface area contributed by atoms with Crippen molar-refractivity contribution in [2.24, 2.45) is 11.8 Å². The topological polar surface area (TPSA) is 38.3 Å². The van der Waals surface area contributed by atoms with Crippen LogP contribution in [-0.4, -0.2) is 24.7 Å². The highest BCUT2D eigenvalue weighted by Gasteiger charge is 2.27. The summed E-state index contributed by atoms with van der Waals surface area (Å²) in [4.78, 5) is 11.7. The SMILES string of the molecule is CC[C@H]1CNCC[C@H]1CC(=O)OC(C)(C)C. The molecular weight excluding hydrogens is 202 g/mol. The molecule has 0 aromatic rings. The zero-order valence-corrected chi connectivity index (χ0v) is 11.0. The molecule has 1 saturated heterocycles. The zero-order chi connectivity index (χ0) is 12.2. The predicted molar refractivity (Wildman–Crippen MR) is 65.2 cm³/mol. The van der Waals surface area contributed by atoms with Crippen LogP contribution < -0.4 is 5.32 Å². The van der Waals surface area contributed by atoms with Gasteiger partial charge in [0.1, 0.15) is 5.60 Å². The van der Waals surface area contributed by atoms with Crippen LogP contribution in [-0.2, 0) is 9.53 Å². The Morgan fingerprint density at radius 1 is 1.38 bits per heavy atom. The Morgan fingerprint density at radius 2 is 2.06 bits per heavy atom. The van der Waals surface area contributed by atoms with E-state index in [0.717, 1.165) is 25.9 Å². The molecule has 1 heterocycles. The summed E-state index contributed by atoms with van der Waals surface area (Å²) in [6, 6.07) is 0. The second-order valence-electron chi connectivity index (χ2n) is 5.71. The lowest BCUT2D eigenvalue weighted by molar-refractivity contribution is -0.156. The molecule has 0 bridgehead atoms. The van der Waals surface area contributed by atoms with Gasteiger partial charge in [0.25, 0.3) is 0 Å². The van der Waals surface area contributed by atoms with E-state index in [9.17, 15) is 4.79 Å². The smallest absolute Gasteiger partial charge is 0.306 e. The van der Waals surface area contributed by atoms with Gasteiger partial charge < -0.3 is 10.1 Å². The summed E-state index contributed by atoms with van der Waals surface area (Å²) in [6.45, 7) is 10.0. The van der Waals surface area contributed by atoms with Crippen molar-refractivity contribution in [1.82, 2.24) is 5.32 Å². The first-order valence-electron chi connectivity index (χ1n) is 6.35. The van der Waals surface area contributed by atoms with Gasteiger partial charge in [-0.25, -0.2) is 0 Å². The third-order valence-electron chi connectivity index (χ3n) is 3.14. The molecule has 0 spiro atoms. The molecule has 0 unspecified atom stereocenters. The molecule has 0 amide bonds. The van der Waals surface area contributed by atoms with Crippen LogP contribution in [0.1, 0.15) is 47.0 Å². The molecule has 0 saturated carbocycles. The van der Waals surface area contributed by atoms with Gasteiger partial charge in [0.15, 0.2) is 0 Å². The molecule has 94 valence electrons. The van der Waals surface area contributed by atoms with Crippen molar-refractivity contribution in [3.05, 3.63) is 0 Å². The van der Waals surface area contributed by atoms with Crippen LogP contribution in [0.2, 0.25) is 0 Å². The first-order valence-corrected chi connectivity index (χ1v) is 6.35. The fourth-order valence-electron chi connectivity index (χ4n) is 2.32. The maximum Gasteiger partial charge on any atom is 0.306 e. The van der Waals surface area contributed by atoms with Crippen molar-refractivity contribution in [3.63, 3.8) is 0 Å². The van der Waals surface area contributed by atoms with Gasteiger partial charge >= 0.3 is 5.97 Å². The van der Waals surface area contributed by atoms with Gasteiger partial charge in [-0.05, 0) is 52.1 Å². The number of ether oxygens (including phenoxy) is 1. The number of carbonyl (C=O) groups excluding carboxylic acids is 1. The third-order valence-corrected chi connectivity index (χ3v) is 3.14. The van der Waals surface area contributed by atoms with E-state index in [4.69, 9.17) is 4.74 Å². The zero-order valence-electron chi connectivity index (χ0n) is 11.0. The summed E-state index contributed by atoms with van der Waals surface area (Å²) in [5.41, 5.74) is -0.355. The van der Waals surface area contributed by atoms with Crippen LogP contribution >= 0.6 is 0 Å². The Balaban J connectivity index is 2.42. The van der Waals surface area contributed by atoms with Crippen molar-refractivity contribution in [1.29, 1.82) is 0 Å². The highest BCUT2D eigenvalue weighted by Crippen LogP contribution is 2.26. The molecule has 0 aromatic heterocycles. The Bertz CT molecular complexity index is 233. The van der Waals surface area contributed by atoms with Crippen molar-refractivity contribution in [2.75, 3.05) is 13.1 Å². The molecular formula is C13H25NO2. The highest BCUT2D eigenvalue weighted by molar-refractivity contribution is 5.70. The number of piperidine rings is 1. The molecule has 3 nitrogen and oxygen atoms in total. The third kappa shape index (κ3) is 4.52. The molecule has 0 aromatic carbocycles. The van der Waals surface area contributed by atoms with Crippen LogP contribution in [0, 0.1) is 11.8 Å². The lowest BCUT2D eigenvalue weighted by Gasteiger charge is -2.31. The van der Waals surface area contributed by atoms with Crippen LogP contribution in [0.3, 0.4) is 0 Å². The Morgan fingerprint density at radius 3 is 2.62 bits per heavy atom. The van der Waals surface area contributed by atoms with E-state index in [0.29, 0.717) is 18.3 Å². The summed E-state index contributed by atoms with van der Waals surface area (Å²) in [7, 11) is 0. The van der Waals surface area contributed by atoms with Gasteiger partial charge in [-0.3, -0.25) is 4.79 Å². The highest BCUT2D eigenvalue weighted by atomic mass is 16.6. The van der Waals surface area contributed by atoms with Gasteiger partial charge in [0.2, 0.25) is 0 Å². The molecule has 16 heavy (non-hydrogen) atoms. The average molecular weight is 227 g/mol. The van der Waals surface area contributed by atoms with Gasteiger partial charge in [-0.1, -0.05) is 13.3 Å². The monoisotopic (exact) mass is 227 g/mol. The van der Waals surface area contributed by atoms with Gasteiger partial charge in [0.05, 0.1) is 0 Å². The molecule has 0 radical (unpaired) electrons. The largest absolute Gasteiger partial charge is 0.460 e. The average Bonchev–Trinajstić information content (AvgIpc) is 2.15. The van der Waals surface area contributed by atoms with Crippen LogP contribution in [0.25, 0.3) is 0 Å². The first-order chi connectivity index (χ1) is 7.42. The molecule has 2 atom stereocenters. The van der Waals surface area contributed by atoms with E-state index >= 15 is 0 Å². The maximum atomic E-state index is 11.7. The van der Waals surface area contributed by atoms with Crippen LogP contribution in [0.15, 0.2) is 0 Å². The molecule has 1 fully saturated rings. The summed E-state index contributed by atoms with van der Waals surface area (Å²) in [5.74, 6) is 1.08. The minimum Gasteiger partial charge on any atom is -0.460 e. The summed E-state index contributed by atoms with van der Waals surface area (Å²) >= 11 is 0. The number of esters is 1. The number of carbonyl (C=O) groups is 1. The van der Waals surface area contributed by atoms with Crippen molar-refractivity contribution in [3.8, 4) is 0 Å². The van der Waals surface area contributed by atoms with E-state index < -0.39 is 0 Å². The van der Waals surface area contributed by atoms with Crippen LogP contribution in [0.4, 0.5) is 0 Å². The molecule has 1 aliphatic heterocycles. The van der Waals surface area contributed by atoms with Crippen molar-refractivity contribution in [2.45, 2.75) is 52.6 Å². The standard InChI is InChI=1S/C13H25NO2/c1-5-10-9-14-7-6-11(10)8-12(15)16-13(2,3)4/h10-11,14H,5-9H2,1-4H3/t10-,11-/m0/s1. The number of rotatable bonds is 3. The Labute approximate surface area is 98.9 Å². The summed E-state index contributed by atoms with van der Waals surface area (Å²) in [5, 5.41) is 3.39. The van der Waals surface area contributed by atoms with E-state index in [1.807, 2.05) is 20.8 Å². The second kappa shape index (κ2) is 5.67. The Hall–Kier alpha value is -0.570. The lowest BCUT2D eigenvalue weighted by atomic mass is 9.82. The molecule has 1 aliphatic rings. The number of hydrogen-bond donors (Lipinski definition) is 1. The summed E-state index contributed by atoms with van der Waals surface area (Å²) in [6.07, 6.45) is 2.82. The lowest BCUT2D eigenvalue weighted by Crippen LogP contribution is -2.38. The number of hydrogen-bond acceptors (Lipinski definition) is 3. The molecule has 0 aliphatic carbocycles. The van der Waals surface area contributed by atoms with Gasteiger partial charge in [0, 0.05) is 6.42 Å². The normalized spacial score (nSPS) is 26.5. The van der Waals surface area contributed by atoms with Crippen LogP contribution in [0.5, 0.6) is 0 Å². The first kappa shape index (κ1) is 13.5. The molecule has 3 heteroatoms. The van der Waals surface area contributed by atoms with E-state index in [2.05, 4.69) is 12.2 Å².